The minimum Gasteiger partial charge on any atom is -0.384 e. The Hall–Kier alpha value is -0.900. The summed E-state index contributed by atoms with van der Waals surface area (Å²) < 4.78 is 5.11. The fraction of sp³-hybridized carbons (Fsp3) is 0.647. The lowest BCUT2D eigenvalue weighted by Gasteiger charge is -2.34. The maximum atomic E-state index is 5.11. The molecule has 0 spiro atoms. The summed E-state index contributed by atoms with van der Waals surface area (Å²) in [4.78, 5) is 5.14. The fourth-order valence-corrected chi connectivity index (χ4v) is 2.78. The van der Waals surface area contributed by atoms with Crippen LogP contribution < -0.4 is 0 Å². The van der Waals surface area contributed by atoms with Gasteiger partial charge in [-0.3, -0.25) is 4.90 Å². The van der Waals surface area contributed by atoms with Gasteiger partial charge in [0.15, 0.2) is 0 Å². The monoisotopic (exact) mass is 276 g/mol. The van der Waals surface area contributed by atoms with Crippen LogP contribution in [0.15, 0.2) is 24.3 Å². The molecule has 1 heterocycles. The van der Waals surface area contributed by atoms with Crippen molar-refractivity contribution < 1.29 is 4.74 Å². The molecule has 0 N–H and O–H groups in total. The highest BCUT2D eigenvalue weighted by Crippen LogP contribution is 2.11. The predicted molar refractivity (Wildman–Crippen MR) is 84.0 cm³/mol. The largest absolute Gasteiger partial charge is 0.384 e. The maximum Gasteiger partial charge on any atom is 0.0502 e. The first-order valence-electron chi connectivity index (χ1n) is 7.83. The highest BCUT2D eigenvalue weighted by molar-refractivity contribution is 5.22. The summed E-state index contributed by atoms with van der Waals surface area (Å²) in [7, 11) is 1.76. The lowest BCUT2D eigenvalue weighted by molar-refractivity contribution is 0.127. The molecule has 3 heteroatoms. The standard InChI is InChI=1S/C17H28N2O/c1-3-9-18-10-12-19(13-11-18)15-17-6-4-16(5-7-17)8-14-20-2/h4-7H,3,8-15H2,1-2H3. The molecule has 0 atom stereocenters. The Morgan fingerprint density at radius 1 is 0.950 bits per heavy atom. The number of ether oxygens (including phenoxy) is 1. The number of rotatable bonds is 7. The number of nitrogens with zero attached hydrogens (tertiary/aromatic N) is 2. The van der Waals surface area contributed by atoms with Gasteiger partial charge in [0.2, 0.25) is 0 Å². The van der Waals surface area contributed by atoms with Gasteiger partial charge in [-0.05, 0) is 30.5 Å². The smallest absolute Gasteiger partial charge is 0.0502 e. The molecule has 0 amide bonds. The molecule has 1 aliphatic rings. The van der Waals surface area contributed by atoms with E-state index in [0.29, 0.717) is 0 Å². The maximum absolute atomic E-state index is 5.11. The van der Waals surface area contributed by atoms with Crippen LogP contribution in [0.2, 0.25) is 0 Å². The minimum absolute atomic E-state index is 0.804. The Balaban J connectivity index is 1.76. The summed E-state index contributed by atoms with van der Waals surface area (Å²) in [6.45, 7) is 10.2. The van der Waals surface area contributed by atoms with Crippen molar-refractivity contribution in [3.05, 3.63) is 35.4 Å². The van der Waals surface area contributed by atoms with Gasteiger partial charge in [-0.25, -0.2) is 0 Å². The number of benzene rings is 1. The molecular formula is C17H28N2O. The molecule has 1 aromatic carbocycles. The number of methoxy groups -OCH3 is 1. The SMILES string of the molecule is CCCN1CCN(Cc2ccc(CCOC)cc2)CC1. The molecule has 0 saturated carbocycles. The summed E-state index contributed by atoms with van der Waals surface area (Å²) >= 11 is 0. The molecule has 1 aliphatic heterocycles. The zero-order chi connectivity index (χ0) is 14.2. The normalized spacial score (nSPS) is 17.5. The second kappa shape index (κ2) is 8.40. The van der Waals surface area contributed by atoms with Gasteiger partial charge in [0.25, 0.3) is 0 Å². The Labute approximate surface area is 123 Å². The molecule has 20 heavy (non-hydrogen) atoms. The van der Waals surface area contributed by atoms with E-state index in [9.17, 15) is 0 Å². The van der Waals surface area contributed by atoms with Crippen LogP contribution in [0.3, 0.4) is 0 Å². The molecule has 0 aliphatic carbocycles. The van der Waals surface area contributed by atoms with Gasteiger partial charge >= 0.3 is 0 Å². The molecule has 0 unspecified atom stereocenters. The van der Waals surface area contributed by atoms with Crippen molar-refractivity contribution in [3.63, 3.8) is 0 Å². The Morgan fingerprint density at radius 3 is 2.15 bits per heavy atom. The van der Waals surface area contributed by atoms with E-state index < -0.39 is 0 Å². The minimum atomic E-state index is 0.804. The van der Waals surface area contributed by atoms with Crippen LogP contribution in [0.5, 0.6) is 0 Å². The third kappa shape index (κ3) is 4.89. The van der Waals surface area contributed by atoms with Crippen LogP contribution in [0.25, 0.3) is 0 Å². The van der Waals surface area contributed by atoms with Crippen molar-refractivity contribution in [2.75, 3.05) is 46.4 Å². The van der Waals surface area contributed by atoms with Crippen LogP contribution in [-0.2, 0) is 17.7 Å². The third-order valence-electron chi connectivity index (χ3n) is 4.03. The Morgan fingerprint density at radius 2 is 1.55 bits per heavy atom. The van der Waals surface area contributed by atoms with Gasteiger partial charge in [0.05, 0.1) is 6.61 Å². The average molecular weight is 276 g/mol. The van der Waals surface area contributed by atoms with Crippen LogP contribution in [0, 0.1) is 0 Å². The van der Waals surface area contributed by atoms with Gasteiger partial charge in [0.1, 0.15) is 0 Å². The molecule has 2 rings (SSSR count). The summed E-state index contributed by atoms with van der Waals surface area (Å²) in [6.07, 6.45) is 2.27. The van der Waals surface area contributed by atoms with Gasteiger partial charge in [-0.1, -0.05) is 31.2 Å². The van der Waals surface area contributed by atoms with Crippen molar-refractivity contribution in [1.82, 2.24) is 9.80 Å². The summed E-state index contributed by atoms with van der Waals surface area (Å²) in [5.41, 5.74) is 2.79. The molecule has 0 bridgehead atoms. The lowest BCUT2D eigenvalue weighted by Crippen LogP contribution is -2.45. The zero-order valence-electron chi connectivity index (χ0n) is 13.0. The van der Waals surface area contributed by atoms with E-state index in [1.165, 1.54) is 50.3 Å². The number of hydrogen-bond acceptors (Lipinski definition) is 3. The fourth-order valence-electron chi connectivity index (χ4n) is 2.78. The number of hydrogen-bond donors (Lipinski definition) is 0. The van der Waals surface area contributed by atoms with Gasteiger partial charge in [-0.15, -0.1) is 0 Å². The first-order valence-corrected chi connectivity index (χ1v) is 7.83. The number of piperazine rings is 1. The molecule has 112 valence electrons. The first kappa shape index (κ1) is 15.5. The van der Waals surface area contributed by atoms with E-state index in [-0.39, 0.29) is 0 Å². The van der Waals surface area contributed by atoms with Crippen molar-refractivity contribution in [2.45, 2.75) is 26.3 Å². The summed E-state index contributed by atoms with van der Waals surface area (Å²) in [5.74, 6) is 0. The molecule has 0 aromatic heterocycles. The average Bonchev–Trinajstić information content (AvgIpc) is 2.49. The van der Waals surface area contributed by atoms with E-state index in [1.54, 1.807) is 7.11 Å². The summed E-state index contributed by atoms with van der Waals surface area (Å²) in [6, 6.07) is 9.01. The van der Waals surface area contributed by atoms with Gasteiger partial charge < -0.3 is 9.64 Å². The van der Waals surface area contributed by atoms with E-state index >= 15 is 0 Å². The van der Waals surface area contributed by atoms with Gasteiger partial charge in [-0.2, -0.15) is 0 Å². The van der Waals surface area contributed by atoms with Crippen LogP contribution >= 0.6 is 0 Å². The molecular weight excluding hydrogens is 248 g/mol. The Bertz CT molecular complexity index is 369. The van der Waals surface area contributed by atoms with Crippen molar-refractivity contribution >= 4 is 0 Å². The van der Waals surface area contributed by atoms with Crippen LogP contribution in [0.4, 0.5) is 0 Å². The molecule has 3 nitrogen and oxygen atoms in total. The van der Waals surface area contributed by atoms with E-state index in [2.05, 4.69) is 41.0 Å². The van der Waals surface area contributed by atoms with Crippen LogP contribution in [0.1, 0.15) is 24.5 Å². The molecule has 1 aromatic rings. The van der Waals surface area contributed by atoms with E-state index in [4.69, 9.17) is 4.74 Å². The molecule has 1 fully saturated rings. The highest BCUT2D eigenvalue weighted by atomic mass is 16.5. The summed E-state index contributed by atoms with van der Waals surface area (Å²) in [5, 5.41) is 0. The van der Waals surface area contributed by atoms with Gasteiger partial charge in [0, 0.05) is 39.8 Å². The molecule has 1 saturated heterocycles. The van der Waals surface area contributed by atoms with E-state index in [0.717, 1.165) is 19.6 Å². The highest BCUT2D eigenvalue weighted by Gasteiger charge is 2.15. The van der Waals surface area contributed by atoms with Crippen LogP contribution in [-0.4, -0.2) is 56.2 Å². The second-order valence-electron chi connectivity index (χ2n) is 5.68. The van der Waals surface area contributed by atoms with E-state index in [1.807, 2.05) is 0 Å². The zero-order valence-corrected chi connectivity index (χ0v) is 13.0. The quantitative estimate of drug-likeness (QED) is 0.760. The first-order chi connectivity index (χ1) is 9.81. The topological polar surface area (TPSA) is 15.7 Å². The predicted octanol–water partition coefficient (Wildman–Crippen LogP) is 2.40. The van der Waals surface area contributed by atoms with Crippen molar-refractivity contribution in [2.24, 2.45) is 0 Å². The molecule has 0 radical (unpaired) electrons. The second-order valence-corrected chi connectivity index (χ2v) is 5.68. The van der Waals surface area contributed by atoms with Crippen molar-refractivity contribution in [1.29, 1.82) is 0 Å². The van der Waals surface area contributed by atoms with Crippen molar-refractivity contribution in [3.8, 4) is 0 Å². The third-order valence-corrected chi connectivity index (χ3v) is 4.03. The Kier molecular flexibility index (Phi) is 6.51. The lowest BCUT2D eigenvalue weighted by atomic mass is 10.1.